The zero-order valence-corrected chi connectivity index (χ0v) is 16.3. The summed E-state index contributed by atoms with van der Waals surface area (Å²) in [6.45, 7) is 4.32. The highest BCUT2D eigenvalue weighted by Gasteiger charge is 2.33. The second-order valence-corrected chi connectivity index (χ2v) is 6.55. The smallest absolute Gasteiger partial charge is 0.242 e. The van der Waals surface area contributed by atoms with Gasteiger partial charge in [-0.05, 0) is 38.6 Å². The van der Waals surface area contributed by atoms with Crippen LogP contribution in [0.4, 0.5) is 0 Å². The van der Waals surface area contributed by atoms with Crippen molar-refractivity contribution in [1.82, 2.24) is 10.2 Å². The van der Waals surface area contributed by atoms with Gasteiger partial charge in [-0.15, -0.1) is 0 Å². The van der Waals surface area contributed by atoms with Gasteiger partial charge in [0.05, 0.1) is 0 Å². The van der Waals surface area contributed by atoms with Crippen LogP contribution in [0.1, 0.15) is 77.6 Å². The van der Waals surface area contributed by atoms with Gasteiger partial charge in [0.1, 0.15) is 6.04 Å². The van der Waals surface area contributed by atoms with Crippen LogP contribution < -0.4 is 11.1 Å². The van der Waals surface area contributed by atoms with Crippen LogP contribution in [0.15, 0.2) is 0 Å². The summed E-state index contributed by atoms with van der Waals surface area (Å²) in [6, 6.07) is -0.243. The molecule has 1 saturated heterocycles. The van der Waals surface area contributed by atoms with Crippen LogP contribution in [0.3, 0.4) is 0 Å². The molecule has 1 fully saturated rings. The number of likely N-dealkylation sites (tertiary alicyclic amines) is 1. The van der Waals surface area contributed by atoms with Gasteiger partial charge in [0.15, 0.2) is 0 Å². The Kier molecular flexibility index (Phi) is 14.1. The first kappa shape index (κ1) is 23.2. The number of carbonyl (C=O) groups excluding carboxylic acids is 2. The first-order chi connectivity index (χ1) is 11.2. The zero-order chi connectivity index (χ0) is 16.9. The number of hydrogen-bond acceptors (Lipinski definition) is 3. The Morgan fingerprint density at radius 1 is 1.08 bits per heavy atom. The minimum atomic E-state index is -0.243. The lowest BCUT2D eigenvalue weighted by Crippen LogP contribution is -2.46. The number of carbonyl (C=O) groups is 2. The second kappa shape index (κ2) is 14.6. The van der Waals surface area contributed by atoms with Crippen LogP contribution in [0.2, 0.25) is 0 Å². The van der Waals surface area contributed by atoms with E-state index in [1.807, 2.05) is 0 Å². The molecule has 0 aromatic rings. The molecule has 1 aliphatic rings. The Labute approximate surface area is 154 Å². The van der Waals surface area contributed by atoms with Gasteiger partial charge in [-0.3, -0.25) is 9.59 Å². The van der Waals surface area contributed by atoms with Gasteiger partial charge in [-0.2, -0.15) is 13.5 Å². The fourth-order valence-corrected chi connectivity index (χ4v) is 3.14. The quantitative estimate of drug-likeness (QED) is 0.526. The first-order valence-corrected chi connectivity index (χ1v) is 9.48. The van der Waals surface area contributed by atoms with Crippen LogP contribution in [0.5, 0.6) is 0 Å². The summed E-state index contributed by atoms with van der Waals surface area (Å²) in [5.74, 6) is 0.178. The maximum atomic E-state index is 12.3. The molecule has 0 saturated carbocycles. The Hall–Kier alpha value is -0.750. The molecule has 24 heavy (non-hydrogen) atoms. The molecule has 1 aliphatic heterocycles. The first-order valence-electron chi connectivity index (χ1n) is 9.48. The van der Waals surface area contributed by atoms with Gasteiger partial charge < -0.3 is 16.0 Å². The average molecular weight is 360 g/mol. The minimum absolute atomic E-state index is 0. The van der Waals surface area contributed by atoms with Crippen LogP contribution >= 0.6 is 13.5 Å². The summed E-state index contributed by atoms with van der Waals surface area (Å²) in [4.78, 5) is 26.4. The third-order valence-electron chi connectivity index (χ3n) is 4.55. The number of nitrogens with zero attached hydrogens (tertiary/aromatic N) is 1. The molecule has 5 nitrogen and oxygen atoms in total. The number of hydrogen-bond donors (Lipinski definition) is 2. The largest absolute Gasteiger partial charge is 0.354 e. The average Bonchev–Trinajstić information content (AvgIpc) is 3.04. The van der Waals surface area contributed by atoms with Crippen molar-refractivity contribution >= 4 is 25.3 Å². The molecule has 0 radical (unpaired) electrons. The van der Waals surface area contributed by atoms with E-state index in [-0.39, 0.29) is 31.4 Å². The van der Waals surface area contributed by atoms with Gasteiger partial charge in [0.2, 0.25) is 11.8 Å². The summed E-state index contributed by atoms with van der Waals surface area (Å²) in [6.07, 6.45) is 11.1. The molecular formula is C18H37N3O2S. The van der Waals surface area contributed by atoms with Crippen molar-refractivity contribution < 1.29 is 9.59 Å². The Bertz CT molecular complexity index is 321. The predicted octanol–water partition coefficient (Wildman–Crippen LogP) is 2.70. The van der Waals surface area contributed by atoms with Crippen molar-refractivity contribution in [1.29, 1.82) is 0 Å². The Morgan fingerprint density at radius 2 is 1.79 bits per heavy atom. The molecule has 0 aromatic heterocycles. The summed E-state index contributed by atoms with van der Waals surface area (Å²) in [7, 11) is 0. The molecular weight excluding hydrogens is 322 g/mol. The predicted molar refractivity (Wildman–Crippen MR) is 104 cm³/mol. The second-order valence-electron chi connectivity index (χ2n) is 6.55. The van der Waals surface area contributed by atoms with Crippen molar-refractivity contribution in [2.45, 2.75) is 83.6 Å². The lowest BCUT2D eigenvalue weighted by molar-refractivity contribution is -0.138. The topological polar surface area (TPSA) is 75.4 Å². The van der Waals surface area contributed by atoms with Crippen LogP contribution in [-0.4, -0.2) is 42.4 Å². The van der Waals surface area contributed by atoms with Gasteiger partial charge >= 0.3 is 0 Å². The lowest BCUT2D eigenvalue weighted by atomic mass is 10.1. The SMILES string of the molecule is CCCCCCCC(=O)N1CCCC1C(=O)NCCCCCN.S. The van der Waals surface area contributed by atoms with E-state index in [2.05, 4.69) is 12.2 Å². The highest BCUT2D eigenvalue weighted by molar-refractivity contribution is 7.59. The maximum Gasteiger partial charge on any atom is 0.242 e. The van der Waals surface area contributed by atoms with E-state index in [1.54, 1.807) is 4.90 Å². The van der Waals surface area contributed by atoms with E-state index < -0.39 is 0 Å². The van der Waals surface area contributed by atoms with E-state index in [0.29, 0.717) is 19.5 Å². The van der Waals surface area contributed by atoms with E-state index >= 15 is 0 Å². The van der Waals surface area contributed by atoms with Gasteiger partial charge in [-0.25, -0.2) is 0 Å². The van der Waals surface area contributed by atoms with Crippen LogP contribution in [0, 0.1) is 0 Å². The number of amides is 2. The molecule has 3 N–H and O–H groups in total. The van der Waals surface area contributed by atoms with Crippen LogP contribution in [0.25, 0.3) is 0 Å². The third kappa shape index (κ3) is 8.92. The van der Waals surface area contributed by atoms with Gasteiger partial charge in [0.25, 0.3) is 0 Å². The molecule has 1 heterocycles. The molecule has 0 spiro atoms. The summed E-state index contributed by atoms with van der Waals surface area (Å²) < 4.78 is 0. The summed E-state index contributed by atoms with van der Waals surface area (Å²) in [5, 5.41) is 2.98. The molecule has 1 atom stereocenters. The number of nitrogens with one attached hydrogen (secondary N) is 1. The third-order valence-corrected chi connectivity index (χ3v) is 4.55. The van der Waals surface area contributed by atoms with Crippen molar-refractivity contribution in [3.63, 3.8) is 0 Å². The number of unbranched alkanes of at least 4 members (excludes halogenated alkanes) is 6. The molecule has 0 aliphatic carbocycles. The summed E-state index contributed by atoms with van der Waals surface area (Å²) >= 11 is 0. The van der Waals surface area contributed by atoms with E-state index in [0.717, 1.165) is 51.5 Å². The molecule has 142 valence electrons. The minimum Gasteiger partial charge on any atom is -0.354 e. The molecule has 0 bridgehead atoms. The van der Waals surface area contributed by atoms with E-state index in [1.165, 1.54) is 19.3 Å². The molecule has 1 unspecified atom stereocenters. The highest BCUT2D eigenvalue weighted by atomic mass is 32.1. The summed E-state index contributed by atoms with van der Waals surface area (Å²) in [5.41, 5.74) is 5.46. The van der Waals surface area contributed by atoms with E-state index in [9.17, 15) is 9.59 Å². The normalized spacial score (nSPS) is 16.8. The highest BCUT2D eigenvalue weighted by Crippen LogP contribution is 2.19. The maximum absolute atomic E-state index is 12.3. The standard InChI is InChI=1S/C18H35N3O2.H2S/c1-2-3-4-5-7-12-17(22)21-15-10-11-16(21)18(23)20-14-9-6-8-13-19;/h16H,2-15,19H2,1H3,(H,20,23);1H2. The monoisotopic (exact) mass is 359 g/mol. The van der Waals surface area contributed by atoms with E-state index in [4.69, 9.17) is 5.73 Å². The molecule has 0 aromatic carbocycles. The Morgan fingerprint density at radius 3 is 2.50 bits per heavy atom. The van der Waals surface area contributed by atoms with Crippen molar-refractivity contribution in [3.8, 4) is 0 Å². The fraction of sp³-hybridized carbons (Fsp3) is 0.889. The van der Waals surface area contributed by atoms with Crippen molar-refractivity contribution in [2.75, 3.05) is 19.6 Å². The number of rotatable bonds is 12. The molecule has 6 heteroatoms. The molecule has 1 rings (SSSR count). The molecule has 2 amide bonds. The zero-order valence-electron chi connectivity index (χ0n) is 15.3. The van der Waals surface area contributed by atoms with Gasteiger partial charge in [-0.1, -0.05) is 39.0 Å². The number of nitrogens with two attached hydrogens (primary N) is 1. The lowest BCUT2D eigenvalue weighted by Gasteiger charge is -2.24. The Balaban J connectivity index is 0.00000529. The van der Waals surface area contributed by atoms with Crippen molar-refractivity contribution in [3.05, 3.63) is 0 Å². The van der Waals surface area contributed by atoms with Gasteiger partial charge in [0, 0.05) is 19.5 Å². The van der Waals surface area contributed by atoms with Crippen LogP contribution in [-0.2, 0) is 9.59 Å². The fourth-order valence-electron chi connectivity index (χ4n) is 3.14. The van der Waals surface area contributed by atoms with Crippen molar-refractivity contribution in [2.24, 2.45) is 5.73 Å².